The Bertz CT molecular complexity index is 399. The zero-order chi connectivity index (χ0) is 12.4. The third-order valence-electron chi connectivity index (χ3n) is 3.22. The number of hydrogen-bond acceptors (Lipinski definition) is 2. The second-order valence-electron chi connectivity index (χ2n) is 4.69. The Morgan fingerprint density at radius 3 is 2.47 bits per heavy atom. The van der Waals surface area contributed by atoms with E-state index in [1.807, 2.05) is 0 Å². The third kappa shape index (κ3) is 2.41. The molecule has 94 valence electrons. The summed E-state index contributed by atoms with van der Waals surface area (Å²) in [7, 11) is 3.48. The van der Waals surface area contributed by atoms with Crippen LogP contribution in [0, 0.1) is 11.6 Å². The van der Waals surface area contributed by atoms with Crippen molar-refractivity contribution >= 4 is 5.69 Å². The molecule has 1 aliphatic heterocycles. The molecule has 1 aliphatic rings. The van der Waals surface area contributed by atoms with E-state index in [0.29, 0.717) is 11.3 Å². The second-order valence-corrected chi connectivity index (χ2v) is 4.69. The van der Waals surface area contributed by atoms with Gasteiger partial charge in [-0.2, -0.15) is 0 Å². The van der Waals surface area contributed by atoms with E-state index in [1.54, 1.807) is 19.0 Å². The molecule has 2 nitrogen and oxygen atoms in total. The lowest BCUT2D eigenvalue weighted by Gasteiger charge is -2.28. The van der Waals surface area contributed by atoms with Crippen molar-refractivity contribution in [2.75, 3.05) is 25.5 Å². The van der Waals surface area contributed by atoms with Crippen LogP contribution in [-0.2, 0) is 0 Å². The monoisotopic (exact) mass is 240 g/mol. The van der Waals surface area contributed by atoms with Gasteiger partial charge in [0.2, 0.25) is 0 Å². The fraction of sp³-hybridized carbons (Fsp3) is 0.538. The van der Waals surface area contributed by atoms with Crippen molar-refractivity contribution in [3.63, 3.8) is 0 Å². The topological polar surface area (TPSA) is 15.3 Å². The van der Waals surface area contributed by atoms with Gasteiger partial charge in [0.1, 0.15) is 11.6 Å². The van der Waals surface area contributed by atoms with E-state index in [2.05, 4.69) is 5.32 Å². The average molecular weight is 240 g/mol. The van der Waals surface area contributed by atoms with Crippen molar-refractivity contribution in [3.8, 4) is 0 Å². The van der Waals surface area contributed by atoms with Crippen LogP contribution in [0.2, 0.25) is 0 Å². The minimum Gasteiger partial charge on any atom is -0.375 e. The number of nitrogens with one attached hydrogen (secondary N) is 1. The van der Waals surface area contributed by atoms with Crippen LogP contribution >= 0.6 is 0 Å². The Labute approximate surface area is 101 Å². The number of rotatable bonds is 2. The Hall–Kier alpha value is -1.16. The lowest BCUT2D eigenvalue weighted by atomic mass is 9.95. The molecule has 2 rings (SSSR count). The summed E-state index contributed by atoms with van der Waals surface area (Å²) in [5.74, 6) is -0.687. The van der Waals surface area contributed by atoms with Crippen LogP contribution in [0.4, 0.5) is 14.5 Å². The molecule has 1 unspecified atom stereocenters. The smallest absolute Gasteiger partial charge is 0.147 e. The Balaban J connectivity index is 2.45. The van der Waals surface area contributed by atoms with Crippen LogP contribution in [0.1, 0.15) is 30.9 Å². The molecule has 0 bridgehead atoms. The summed E-state index contributed by atoms with van der Waals surface area (Å²) in [5.41, 5.74) is 0.833. The molecule has 1 heterocycles. The molecule has 1 aromatic carbocycles. The minimum atomic E-state index is -0.362. The molecule has 0 radical (unpaired) electrons. The van der Waals surface area contributed by atoms with Crippen molar-refractivity contribution in [1.82, 2.24) is 5.32 Å². The highest BCUT2D eigenvalue weighted by Gasteiger charge is 2.24. The summed E-state index contributed by atoms with van der Waals surface area (Å²) in [4.78, 5) is 1.64. The molecule has 0 spiro atoms. The quantitative estimate of drug-likeness (QED) is 0.855. The molecule has 0 aliphatic carbocycles. The standard InChI is InChI=1S/C13H18F2N2/c1-17(2)13-10(15)7-6-9(14)12(13)11-5-3-4-8-16-11/h6-7,11,16H,3-5,8H2,1-2H3. The summed E-state index contributed by atoms with van der Waals surface area (Å²) in [5, 5.41) is 3.27. The van der Waals surface area contributed by atoms with Crippen LogP contribution in [0.5, 0.6) is 0 Å². The minimum absolute atomic E-state index is 0.0724. The van der Waals surface area contributed by atoms with E-state index in [1.165, 1.54) is 12.1 Å². The molecular formula is C13H18F2N2. The van der Waals surface area contributed by atoms with E-state index in [0.717, 1.165) is 25.8 Å². The molecule has 0 amide bonds. The van der Waals surface area contributed by atoms with Gasteiger partial charge < -0.3 is 10.2 Å². The third-order valence-corrected chi connectivity index (χ3v) is 3.22. The molecule has 0 aromatic heterocycles. The van der Waals surface area contributed by atoms with Gasteiger partial charge in [0.05, 0.1) is 5.69 Å². The number of benzene rings is 1. The van der Waals surface area contributed by atoms with E-state index in [9.17, 15) is 8.78 Å². The first-order valence-electron chi connectivity index (χ1n) is 6.00. The molecule has 17 heavy (non-hydrogen) atoms. The first kappa shape index (κ1) is 12.3. The molecule has 1 atom stereocenters. The van der Waals surface area contributed by atoms with Crippen molar-refractivity contribution in [3.05, 3.63) is 29.3 Å². The van der Waals surface area contributed by atoms with Crippen molar-refractivity contribution in [1.29, 1.82) is 0 Å². The predicted octanol–water partition coefficient (Wildman–Crippen LogP) is 2.85. The molecule has 0 saturated carbocycles. The number of nitrogens with zero attached hydrogens (tertiary/aromatic N) is 1. The van der Waals surface area contributed by atoms with E-state index in [-0.39, 0.29) is 17.7 Å². The highest BCUT2D eigenvalue weighted by Crippen LogP contribution is 2.34. The van der Waals surface area contributed by atoms with Crippen LogP contribution < -0.4 is 10.2 Å². The van der Waals surface area contributed by atoms with Crippen LogP contribution in [0.3, 0.4) is 0 Å². The van der Waals surface area contributed by atoms with Crippen molar-refractivity contribution in [2.24, 2.45) is 0 Å². The second kappa shape index (κ2) is 5.00. The fourth-order valence-electron chi connectivity index (χ4n) is 2.44. The number of piperidine rings is 1. The summed E-state index contributed by atoms with van der Waals surface area (Å²) >= 11 is 0. The molecule has 4 heteroatoms. The van der Waals surface area contributed by atoms with Crippen LogP contribution in [0.15, 0.2) is 12.1 Å². The normalized spacial score (nSPS) is 20.4. The van der Waals surface area contributed by atoms with Crippen molar-refractivity contribution < 1.29 is 8.78 Å². The number of halogens is 2. The first-order chi connectivity index (χ1) is 8.11. The van der Waals surface area contributed by atoms with Gasteiger partial charge in [-0.1, -0.05) is 6.42 Å². The highest BCUT2D eigenvalue weighted by molar-refractivity contribution is 5.56. The molecular weight excluding hydrogens is 222 g/mol. The Morgan fingerprint density at radius 2 is 1.88 bits per heavy atom. The van der Waals surface area contributed by atoms with Gasteiger partial charge in [-0.15, -0.1) is 0 Å². The molecule has 1 N–H and O–H groups in total. The van der Waals surface area contributed by atoms with E-state index in [4.69, 9.17) is 0 Å². The zero-order valence-corrected chi connectivity index (χ0v) is 10.3. The molecule has 1 fully saturated rings. The lowest BCUT2D eigenvalue weighted by Crippen LogP contribution is -2.29. The highest BCUT2D eigenvalue weighted by atomic mass is 19.1. The largest absolute Gasteiger partial charge is 0.375 e. The summed E-state index contributed by atoms with van der Waals surface area (Å²) in [6.07, 6.45) is 3.02. The predicted molar refractivity (Wildman–Crippen MR) is 65.3 cm³/mol. The molecule has 1 saturated heterocycles. The van der Waals surface area contributed by atoms with Gasteiger partial charge >= 0.3 is 0 Å². The Kier molecular flexibility index (Phi) is 3.62. The van der Waals surface area contributed by atoms with Crippen LogP contribution in [-0.4, -0.2) is 20.6 Å². The fourth-order valence-corrected chi connectivity index (χ4v) is 2.44. The van der Waals surface area contributed by atoms with Gasteiger partial charge in [-0.3, -0.25) is 0 Å². The summed E-state index contributed by atoms with van der Waals surface area (Å²) in [6.45, 7) is 0.869. The van der Waals surface area contributed by atoms with Crippen molar-refractivity contribution in [2.45, 2.75) is 25.3 Å². The zero-order valence-electron chi connectivity index (χ0n) is 10.3. The molecule has 1 aromatic rings. The van der Waals surface area contributed by atoms with Gasteiger partial charge in [0, 0.05) is 25.7 Å². The first-order valence-corrected chi connectivity index (χ1v) is 6.00. The van der Waals surface area contributed by atoms with Gasteiger partial charge in [0.25, 0.3) is 0 Å². The summed E-state index contributed by atoms with van der Waals surface area (Å²) < 4.78 is 27.7. The Morgan fingerprint density at radius 1 is 1.18 bits per heavy atom. The SMILES string of the molecule is CN(C)c1c(F)ccc(F)c1C1CCCCN1. The number of hydrogen-bond donors (Lipinski definition) is 1. The lowest BCUT2D eigenvalue weighted by molar-refractivity contribution is 0.398. The maximum Gasteiger partial charge on any atom is 0.147 e. The maximum atomic E-state index is 13.9. The average Bonchev–Trinajstić information content (AvgIpc) is 2.32. The van der Waals surface area contributed by atoms with E-state index < -0.39 is 0 Å². The van der Waals surface area contributed by atoms with Gasteiger partial charge in [0.15, 0.2) is 0 Å². The van der Waals surface area contributed by atoms with E-state index >= 15 is 0 Å². The maximum absolute atomic E-state index is 13.9. The van der Waals surface area contributed by atoms with Crippen LogP contribution in [0.25, 0.3) is 0 Å². The summed E-state index contributed by atoms with van der Waals surface area (Å²) in [6, 6.07) is 2.34. The van der Waals surface area contributed by atoms with Gasteiger partial charge in [-0.25, -0.2) is 8.78 Å². The number of anilines is 1. The van der Waals surface area contributed by atoms with Gasteiger partial charge in [-0.05, 0) is 31.5 Å².